The van der Waals surface area contributed by atoms with Crippen molar-refractivity contribution in [1.29, 1.82) is 0 Å². The fourth-order valence-electron chi connectivity index (χ4n) is 5.84. The average molecular weight is 394 g/mol. The lowest BCUT2D eigenvalue weighted by Gasteiger charge is -2.30. The fourth-order valence-corrected chi connectivity index (χ4v) is 5.84. The predicted octanol–water partition coefficient (Wildman–Crippen LogP) is 3.02. The number of aromatic nitrogens is 3. The number of likely N-dealkylation sites (tertiary alicyclic amines) is 2. The number of nitrogens with zero attached hydrogens (tertiary/aromatic N) is 4. The molecule has 1 amide bonds. The zero-order valence-corrected chi connectivity index (χ0v) is 17.3. The number of amides is 1. The van der Waals surface area contributed by atoms with Gasteiger partial charge in [0.25, 0.3) is 5.91 Å². The maximum absolute atomic E-state index is 13.1. The van der Waals surface area contributed by atoms with Crippen LogP contribution in [0.15, 0.2) is 30.3 Å². The minimum Gasteiger partial charge on any atom is -0.337 e. The second-order valence-electron chi connectivity index (χ2n) is 9.35. The summed E-state index contributed by atoms with van der Waals surface area (Å²) >= 11 is 0. The Bertz CT molecular complexity index is 859. The van der Waals surface area contributed by atoms with Crippen LogP contribution in [0.4, 0.5) is 0 Å². The van der Waals surface area contributed by atoms with Crippen molar-refractivity contribution in [3.8, 4) is 0 Å². The number of carbonyl (C=O) groups is 1. The van der Waals surface area contributed by atoms with Gasteiger partial charge in [-0.05, 0) is 37.8 Å². The summed E-state index contributed by atoms with van der Waals surface area (Å²) in [5.74, 6) is 3.11. The summed E-state index contributed by atoms with van der Waals surface area (Å²) < 4.78 is 0. The molecule has 2 aliphatic heterocycles. The van der Waals surface area contributed by atoms with E-state index in [1.54, 1.807) is 0 Å². The molecule has 0 unspecified atom stereocenters. The Morgan fingerprint density at radius 3 is 2.66 bits per heavy atom. The van der Waals surface area contributed by atoms with Crippen LogP contribution < -0.4 is 0 Å². The Morgan fingerprint density at radius 1 is 1.14 bits per heavy atom. The maximum atomic E-state index is 13.1. The summed E-state index contributed by atoms with van der Waals surface area (Å²) in [6, 6.07) is 9.65. The first-order valence-electron chi connectivity index (χ1n) is 11.1. The largest absolute Gasteiger partial charge is 0.337 e. The van der Waals surface area contributed by atoms with E-state index < -0.39 is 0 Å². The summed E-state index contributed by atoms with van der Waals surface area (Å²) in [5.41, 5.74) is 0.622. The molecule has 1 aliphatic carbocycles. The Hall–Kier alpha value is -2.21. The smallest absolute Gasteiger partial charge is 0.253 e. The lowest BCUT2D eigenvalue weighted by molar-refractivity contribution is 0.0767. The first kappa shape index (κ1) is 18.8. The molecule has 3 fully saturated rings. The summed E-state index contributed by atoms with van der Waals surface area (Å²) in [4.78, 5) is 22.5. The van der Waals surface area contributed by atoms with Crippen LogP contribution in [-0.4, -0.2) is 63.6 Å². The molecule has 5 rings (SSSR count). The van der Waals surface area contributed by atoms with Crippen LogP contribution in [0.25, 0.3) is 0 Å². The number of H-pyrrole nitrogens is 1. The molecule has 6 heteroatoms. The molecule has 3 aliphatic rings. The third-order valence-electron chi connectivity index (χ3n) is 7.27. The second-order valence-corrected chi connectivity index (χ2v) is 9.35. The van der Waals surface area contributed by atoms with Crippen LogP contribution in [0.1, 0.15) is 54.1 Å². The first-order chi connectivity index (χ1) is 14.1. The van der Waals surface area contributed by atoms with Gasteiger partial charge in [0.2, 0.25) is 0 Å². The van der Waals surface area contributed by atoms with Gasteiger partial charge in [-0.25, -0.2) is 4.98 Å². The van der Waals surface area contributed by atoms with Crippen molar-refractivity contribution in [2.24, 2.45) is 11.8 Å². The van der Waals surface area contributed by atoms with Crippen molar-refractivity contribution < 1.29 is 4.79 Å². The van der Waals surface area contributed by atoms with Gasteiger partial charge < -0.3 is 9.80 Å². The zero-order chi connectivity index (χ0) is 19.8. The van der Waals surface area contributed by atoms with Gasteiger partial charge in [0.1, 0.15) is 5.82 Å². The van der Waals surface area contributed by atoms with Gasteiger partial charge in [0.15, 0.2) is 5.82 Å². The quantitative estimate of drug-likeness (QED) is 0.867. The lowest BCUT2D eigenvalue weighted by atomic mass is 9.80. The lowest BCUT2D eigenvalue weighted by Crippen LogP contribution is -2.41. The number of hydrogen-bond donors (Lipinski definition) is 1. The van der Waals surface area contributed by atoms with Crippen LogP contribution in [0.2, 0.25) is 0 Å². The molecule has 1 aromatic heterocycles. The maximum Gasteiger partial charge on any atom is 0.253 e. The summed E-state index contributed by atoms with van der Waals surface area (Å²) in [7, 11) is 0. The van der Waals surface area contributed by atoms with Crippen molar-refractivity contribution >= 4 is 5.91 Å². The van der Waals surface area contributed by atoms with E-state index in [1.807, 2.05) is 42.2 Å². The van der Waals surface area contributed by atoms with E-state index in [0.29, 0.717) is 12.5 Å². The second kappa shape index (κ2) is 7.56. The van der Waals surface area contributed by atoms with E-state index in [2.05, 4.69) is 15.1 Å². The normalized spacial score (nSPS) is 28.0. The van der Waals surface area contributed by atoms with Crippen molar-refractivity contribution in [1.82, 2.24) is 25.0 Å². The molecule has 154 valence electrons. The number of benzene rings is 1. The Morgan fingerprint density at radius 2 is 1.93 bits per heavy atom. The van der Waals surface area contributed by atoms with Crippen LogP contribution in [-0.2, 0) is 5.41 Å². The number of aromatic amines is 1. The Balaban J connectivity index is 1.37. The summed E-state index contributed by atoms with van der Waals surface area (Å²) in [5, 5.41) is 7.62. The van der Waals surface area contributed by atoms with E-state index in [9.17, 15) is 4.79 Å². The molecule has 1 N–H and O–H groups in total. The summed E-state index contributed by atoms with van der Waals surface area (Å²) in [6.45, 7) is 6.66. The van der Waals surface area contributed by atoms with Crippen LogP contribution in [0.3, 0.4) is 0 Å². The van der Waals surface area contributed by atoms with Crippen molar-refractivity contribution in [3.63, 3.8) is 0 Å². The molecule has 1 saturated carbocycles. The molecule has 2 aromatic rings. The number of hydrogen-bond acceptors (Lipinski definition) is 4. The van der Waals surface area contributed by atoms with Gasteiger partial charge in [-0.3, -0.25) is 9.89 Å². The Kier molecular flexibility index (Phi) is 4.90. The molecule has 3 heterocycles. The van der Waals surface area contributed by atoms with Gasteiger partial charge in [-0.2, -0.15) is 5.10 Å². The molecule has 0 bridgehead atoms. The molecular formula is C23H31N5O. The monoisotopic (exact) mass is 393 g/mol. The van der Waals surface area contributed by atoms with E-state index in [0.717, 1.165) is 42.8 Å². The highest BCUT2D eigenvalue weighted by Crippen LogP contribution is 2.44. The molecule has 29 heavy (non-hydrogen) atoms. The summed E-state index contributed by atoms with van der Waals surface area (Å²) in [6.07, 6.45) is 6.90. The Labute approximate surface area is 172 Å². The molecule has 6 nitrogen and oxygen atoms in total. The molecule has 2 saturated heterocycles. The van der Waals surface area contributed by atoms with Crippen molar-refractivity contribution in [2.45, 2.75) is 44.4 Å². The van der Waals surface area contributed by atoms with Gasteiger partial charge in [-0.1, -0.05) is 37.5 Å². The molecular weight excluding hydrogens is 362 g/mol. The van der Waals surface area contributed by atoms with E-state index in [1.165, 1.54) is 38.6 Å². The van der Waals surface area contributed by atoms with Crippen LogP contribution in [0, 0.1) is 18.8 Å². The predicted molar refractivity (Wildman–Crippen MR) is 112 cm³/mol. The van der Waals surface area contributed by atoms with Gasteiger partial charge in [0.05, 0.1) is 5.41 Å². The van der Waals surface area contributed by atoms with Gasteiger partial charge in [0, 0.05) is 44.2 Å². The highest BCUT2D eigenvalue weighted by atomic mass is 16.2. The fraction of sp³-hybridized carbons (Fsp3) is 0.609. The highest BCUT2D eigenvalue weighted by molar-refractivity contribution is 5.94. The van der Waals surface area contributed by atoms with Crippen molar-refractivity contribution in [2.75, 3.05) is 32.7 Å². The molecule has 0 radical (unpaired) electrons. The van der Waals surface area contributed by atoms with Crippen molar-refractivity contribution in [3.05, 3.63) is 47.5 Å². The standard InChI is InChI=1S/C23H31N5O/c1-17-24-22(26-25-17)23-15-27(12-18-8-4-2-5-9-18)13-20(23)14-28(16-23)21(29)19-10-6-3-7-11-19/h3,6-7,10-11,18,20H,2,4-5,8-9,12-16H2,1H3,(H,24,25,26)/t20-,23-/m1/s1. The van der Waals surface area contributed by atoms with Gasteiger partial charge >= 0.3 is 0 Å². The minimum atomic E-state index is -0.149. The molecule has 0 spiro atoms. The van der Waals surface area contributed by atoms with E-state index >= 15 is 0 Å². The number of nitrogens with one attached hydrogen (secondary N) is 1. The number of aryl methyl sites for hydroxylation is 1. The van der Waals surface area contributed by atoms with Gasteiger partial charge in [-0.15, -0.1) is 0 Å². The van der Waals surface area contributed by atoms with E-state index in [4.69, 9.17) is 4.98 Å². The first-order valence-corrected chi connectivity index (χ1v) is 11.1. The number of carbonyl (C=O) groups excluding carboxylic acids is 1. The SMILES string of the molecule is Cc1nc([C@@]23CN(CC4CCCCC4)C[C@@H]2CN(C(=O)c2ccccc2)C3)n[nH]1. The minimum absolute atomic E-state index is 0.130. The number of rotatable bonds is 4. The average Bonchev–Trinajstić information content (AvgIpc) is 3.41. The third kappa shape index (κ3) is 3.48. The molecule has 1 aromatic carbocycles. The van der Waals surface area contributed by atoms with E-state index in [-0.39, 0.29) is 11.3 Å². The topological polar surface area (TPSA) is 65.1 Å². The highest BCUT2D eigenvalue weighted by Gasteiger charge is 2.56. The third-order valence-corrected chi connectivity index (χ3v) is 7.27. The van der Waals surface area contributed by atoms with Crippen LogP contribution in [0.5, 0.6) is 0 Å². The number of fused-ring (bicyclic) bond motifs is 1. The zero-order valence-electron chi connectivity index (χ0n) is 17.3. The van der Waals surface area contributed by atoms with Crippen LogP contribution >= 0.6 is 0 Å². The molecule has 2 atom stereocenters.